The zero-order valence-corrected chi connectivity index (χ0v) is 7.28. The molecular formula is C9H7FO4. The fraction of sp³-hybridized carbons (Fsp3) is 0.111. The summed E-state index contributed by atoms with van der Waals surface area (Å²) in [5.74, 6) is -2.86. The van der Waals surface area contributed by atoms with E-state index in [9.17, 15) is 14.0 Å². The SMILES string of the molecule is CC(=O)Oc1ccc(F)cc1C(=O)O. The first-order valence-corrected chi connectivity index (χ1v) is 3.72. The molecule has 0 unspecified atom stereocenters. The van der Waals surface area contributed by atoms with E-state index in [1.54, 1.807) is 0 Å². The van der Waals surface area contributed by atoms with Gasteiger partial charge in [0, 0.05) is 6.92 Å². The summed E-state index contributed by atoms with van der Waals surface area (Å²) in [6, 6.07) is 2.91. The van der Waals surface area contributed by atoms with Crippen LogP contribution in [0.4, 0.5) is 4.39 Å². The van der Waals surface area contributed by atoms with E-state index in [0.29, 0.717) is 0 Å². The number of carboxylic acid groups (broad SMARTS) is 1. The highest BCUT2D eigenvalue weighted by molar-refractivity contribution is 5.91. The lowest BCUT2D eigenvalue weighted by Crippen LogP contribution is -2.07. The zero-order valence-electron chi connectivity index (χ0n) is 7.28. The van der Waals surface area contributed by atoms with Crippen molar-refractivity contribution in [3.05, 3.63) is 29.6 Å². The van der Waals surface area contributed by atoms with Gasteiger partial charge >= 0.3 is 11.9 Å². The predicted octanol–water partition coefficient (Wildman–Crippen LogP) is 1.45. The van der Waals surface area contributed by atoms with Crippen molar-refractivity contribution in [1.82, 2.24) is 0 Å². The van der Waals surface area contributed by atoms with E-state index in [-0.39, 0.29) is 11.3 Å². The third-order valence-electron chi connectivity index (χ3n) is 1.43. The Labute approximate surface area is 78.9 Å². The highest BCUT2D eigenvalue weighted by Crippen LogP contribution is 2.19. The molecule has 0 atom stereocenters. The largest absolute Gasteiger partial charge is 0.478 e. The first kappa shape index (κ1) is 10.2. The van der Waals surface area contributed by atoms with Crippen molar-refractivity contribution in [3.8, 4) is 5.75 Å². The van der Waals surface area contributed by atoms with E-state index in [4.69, 9.17) is 5.11 Å². The van der Waals surface area contributed by atoms with Crippen LogP contribution in [-0.2, 0) is 4.79 Å². The maximum atomic E-state index is 12.6. The number of esters is 1. The van der Waals surface area contributed by atoms with Gasteiger partial charge in [-0.05, 0) is 18.2 Å². The predicted molar refractivity (Wildman–Crippen MR) is 44.7 cm³/mol. The molecule has 0 bridgehead atoms. The first-order valence-electron chi connectivity index (χ1n) is 3.72. The van der Waals surface area contributed by atoms with E-state index in [0.717, 1.165) is 25.1 Å². The van der Waals surface area contributed by atoms with Crippen LogP contribution in [-0.4, -0.2) is 17.0 Å². The summed E-state index contributed by atoms with van der Waals surface area (Å²) in [6.45, 7) is 1.13. The molecule has 1 aromatic rings. The summed E-state index contributed by atoms with van der Waals surface area (Å²) in [5.41, 5.74) is -0.375. The Balaban J connectivity index is 3.14. The van der Waals surface area contributed by atoms with Gasteiger partial charge in [0.25, 0.3) is 0 Å². The van der Waals surface area contributed by atoms with Crippen molar-refractivity contribution in [2.75, 3.05) is 0 Å². The van der Waals surface area contributed by atoms with Crippen molar-refractivity contribution in [1.29, 1.82) is 0 Å². The third-order valence-corrected chi connectivity index (χ3v) is 1.43. The number of hydrogen-bond acceptors (Lipinski definition) is 3. The highest BCUT2D eigenvalue weighted by atomic mass is 19.1. The molecule has 1 N–H and O–H groups in total. The molecule has 0 saturated carbocycles. The number of carbonyl (C=O) groups excluding carboxylic acids is 1. The van der Waals surface area contributed by atoms with Crippen LogP contribution in [0, 0.1) is 5.82 Å². The van der Waals surface area contributed by atoms with Crippen LogP contribution in [0.2, 0.25) is 0 Å². The number of halogens is 1. The fourth-order valence-electron chi connectivity index (χ4n) is 0.913. The highest BCUT2D eigenvalue weighted by Gasteiger charge is 2.13. The Morgan fingerprint density at radius 2 is 2.07 bits per heavy atom. The minimum Gasteiger partial charge on any atom is -0.478 e. The van der Waals surface area contributed by atoms with Gasteiger partial charge in [-0.15, -0.1) is 0 Å². The monoisotopic (exact) mass is 198 g/mol. The Bertz CT molecular complexity index is 386. The Kier molecular flexibility index (Phi) is 2.81. The van der Waals surface area contributed by atoms with Crippen molar-refractivity contribution in [3.63, 3.8) is 0 Å². The Hall–Kier alpha value is -1.91. The van der Waals surface area contributed by atoms with E-state index in [1.807, 2.05) is 0 Å². The van der Waals surface area contributed by atoms with Gasteiger partial charge in [-0.1, -0.05) is 0 Å². The number of aromatic carboxylic acids is 1. The van der Waals surface area contributed by atoms with Crippen LogP contribution in [0.1, 0.15) is 17.3 Å². The lowest BCUT2D eigenvalue weighted by Gasteiger charge is -2.04. The van der Waals surface area contributed by atoms with E-state index < -0.39 is 17.8 Å². The molecular weight excluding hydrogens is 191 g/mol. The number of carboxylic acids is 1. The number of carbonyl (C=O) groups is 2. The number of rotatable bonds is 2. The molecule has 0 heterocycles. The second kappa shape index (κ2) is 3.87. The minimum absolute atomic E-state index is 0.161. The van der Waals surface area contributed by atoms with Crippen molar-refractivity contribution in [2.45, 2.75) is 6.92 Å². The maximum absolute atomic E-state index is 12.6. The second-order valence-corrected chi connectivity index (χ2v) is 2.54. The molecule has 1 rings (SSSR count). The van der Waals surface area contributed by atoms with Crippen LogP contribution in [0.3, 0.4) is 0 Å². The van der Waals surface area contributed by atoms with Crippen molar-refractivity contribution < 1.29 is 23.8 Å². The van der Waals surface area contributed by atoms with Gasteiger partial charge in [0.1, 0.15) is 17.1 Å². The molecule has 0 spiro atoms. The minimum atomic E-state index is -1.35. The molecule has 0 aliphatic carbocycles. The molecule has 0 amide bonds. The summed E-state index contributed by atoms with van der Waals surface area (Å²) < 4.78 is 17.2. The van der Waals surface area contributed by atoms with E-state index in [2.05, 4.69) is 4.74 Å². The van der Waals surface area contributed by atoms with Gasteiger partial charge < -0.3 is 9.84 Å². The van der Waals surface area contributed by atoms with Gasteiger partial charge in [0.05, 0.1) is 0 Å². The summed E-state index contributed by atoms with van der Waals surface area (Å²) in [4.78, 5) is 21.2. The van der Waals surface area contributed by atoms with Gasteiger partial charge in [0.15, 0.2) is 0 Å². The summed E-state index contributed by atoms with van der Waals surface area (Å²) in [6.07, 6.45) is 0. The van der Waals surface area contributed by atoms with E-state index >= 15 is 0 Å². The van der Waals surface area contributed by atoms with Gasteiger partial charge in [0.2, 0.25) is 0 Å². The molecule has 4 nitrogen and oxygen atoms in total. The molecule has 0 radical (unpaired) electrons. The van der Waals surface area contributed by atoms with Crippen LogP contribution in [0.25, 0.3) is 0 Å². The fourth-order valence-corrected chi connectivity index (χ4v) is 0.913. The number of ether oxygens (including phenoxy) is 1. The Morgan fingerprint density at radius 1 is 1.43 bits per heavy atom. The average Bonchev–Trinajstić information content (AvgIpc) is 2.07. The first-order chi connectivity index (χ1) is 6.50. The van der Waals surface area contributed by atoms with Crippen LogP contribution < -0.4 is 4.74 Å². The lowest BCUT2D eigenvalue weighted by atomic mass is 10.2. The summed E-state index contributed by atoms with van der Waals surface area (Å²) in [7, 11) is 0. The molecule has 0 fully saturated rings. The topological polar surface area (TPSA) is 63.6 Å². The van der Waals surface area contributed by atoms with Gasteiger partial charge in [-0.3, -0.25) is 4.79 Å². The molecule has 0 aliphatic heterocycles. The smallest absolute Gasteiger partial charge is 0.339 e. The molecule has 0 aliphatic rings. The van der Waals surface area contributed by atoms with Gasteiger partial charge in [-0.2, -0.15) is 0 Å². The Morgan fingerprint density at radius 3 is 2.57 bits per heavy atom. The third kappa shape index (κ3) is 2.29. The molecule has 0 saturated heterocycles. The average molecular weight is 198 g/mol. The van der Waals surface area contributed by atoms with Crippen molar-refractivity contribution in [2.24, 2.45) is 0 Å². The normalized spacial score (nSPS) is 9.57. The molecule has 14 heavy (non-hydrogen) atoms. The van der Waals surface area contributed by atoms with Crippen LogP contribution in [0.5, 0.6) is 5.75 Å². The molecule has 5 heteroatoms. The zero-order chi connectivity index (χ0) is 10.7. The van der Waals surface area contributed by atoms with E-state index in [1.165, 1.54) is 0 Å². The second-order valence-electron chi connectivity index (χ2n) is 2.54. The molecule has 0 aromatic heterocycles. The lowest BCUT2D eigenvalue weighted by molar-refractivity contribution is -0.131. The van der Waals surface area contributed by atoms with Gasteiger partial charge in [-0.25, -0.2) is 9.18 Å². The summed E-state index contributed by atoms with van der Waals surface area (Å²) >= 11 is 0. The number of hydrogen-bond donors (Lipinski definition) is 1. The number of benzene rings is 1. The molecule has 1 aromatic carbocycles. The van der Waals surface area contributed by atoms with Crippen LogP contribution in [0.15, 0.2) is 18.2 Å². The van der Waals surface area contributed by atoms with Crippen LogP contribution >= 0.6 is 0 Å². The standard InChI is InChI=1S/C9H7FO4/c1-5(11)14-8-3-2-6(10)4-7(8)9(12)13/h2-4H,1H3,(H,12,13). The molecule has 74 valence electrons. The quantitative estimate of drug-likeness (QED) is 0.577. The maximum Gasteiger partial charge on any atom is 0.339 e. The summed E-state index contributed by atoms with van der Waals surface area (Å²) in [5, 5.41) is 8.65. The van der Waals surface area contributed by atoms with Crippen molar-refractivity contribution >= 4 is 11.9 Å².